The molecule has 3 N–H and O–H groups in total. The predicted octanol–water partition coefficient (Wildman–Crippen LogP) is 5.20. The van der Waals surface area contributed by atoms with Crippen molar-refractivity contribution in [1.29, 1.82) is 0 Å². The van der Waals surface area contributed by atoms with Gasteiger partial charge in [-0.2, -0.15) is 13.2 Å². The Hall–Kier alpha value is -3.47. The molecule has 1 aromatic carbocycles. The van der Waals surface area contributed by atoms with E-state index in [1.807, 2.05) is 26.8 Å². The number of nitrogens with two attached hydrogens (primary N) is 1. The van der Waals surface area contributed by atoms with Crippen LogP contribution in [0.1, 0.15) is 43.9 Å². The molecule has 202 valence electrons. The summed E-state index contributed by atoms with van der Waals surface area (Å²) in [6.45, 7) is 8.21. The minimum atomic E-state index is -4.83. The minimum Gasteiger partial charge on any atom is -0.472 e. The molecule has 2 aliphatic heterocycles. The largest absolute Gasteiger partial charge is 0.472 e. The van der Waals surface area contributed by atoms with E-state index in [1.165, 1.54) is 13.3 Å². The third-order valence-electron chi connectivity index (χ3n) is 7.25. The molecule has 0 spiro atoms. The number of nitrogens with zero attached hydrogens (tertiary/aromatic N) is 4. The number of hydrogen-bond acceptors (Lipinski definition) is 7. The highest BCUT2D eigenvalue weighted by Gasteiger charge is 2.41. The van der Waals surface area contributed by atoms with E-state index in [9.17, 15) is 13.2 Å². The van der Waals surface area contributed by atoms with Gasteiger partial charge in [0.05, 0.1) is 34.1 Å². The average molecular weight is 531 g/mol. The molecule has 11 heteroatoms. The number of pyridine rings is 1. The maximum atomic E-state index is 15.6. The lowest BCUT2D eigenvalue weighted by molar-refractivity contribution is -0.137. The van der Waals surface area contributed by atoms with Crippen LogP contribution in [-0.2, 0) is 12.6 Å². The highest BCUT2D eigenvalue weighted by atomic mass is 19.4. The first kappa shape index (κ1) is 26.1. The molecule has 1 fully saturated rings. The zero-order chi connectivity index (χ0) is 27.4. The van der Waals surface area contributed by atoms with E-state index in [4.69, 9.17) is 10.5 Å². The SMILES string of the molecule is C/C=C/C1CN2c3ncnc4c(CCC)c(-c5c(F)c(N)cc(C)c5C(F)(F)F)nc(c34)O[C@@H](C)[C@@H]2CN1. The molecule has 7 nitrogen and oxygen atoms in total. The fraction of sp³-hybridized carbons (Fsp3) is 0.444. The number of alkyl halides is 3. The fourth-order valence-electron chi connectivity index (χ4n) is 5.62. The number of halogens is 4. The van der Waals surface area contributed by atoms with Gasteiger partial charge in [0.15, 0.2) is 5.82 Å². The van der Waals surface area contributed by atoms with Gasteiger partial charge in [0.1, 0.15) is 23.6 Å². The van der Waals surface area contributed by atoms with Gasteiger partial charge in [-0.1, -0.05) is 25.5 Å². The third-order valence-corrected chi connectivity index (χ3v) is 7.25. The van der Waals surface area contributed by atoms with E-state index in [0.717, 1.165) is 6.07 Å². The first-order chi connectivity index (χ1) is 18.1. The van der Waals surface area contributed by atoms with Crippen molar-refractivity contribution in [3.8, 4) is 17.1 Å². The van der Waals surface area contributed by atoms with Crippen molar-refractivity contribution in [2.24, 2.45) is 0 Å². The Bertz CT molecular complexity index is 1420. The van der Waals surface area contributed by atoms with Gasteiger partial charge in [0, 0.05) is 24.7 Å². The van der Waals surface area contributed by atoms with Crippen LogP contribution >= 0.6 is 0 Å². The Morgan fingerprint density at radius 3 is 2.74 bits per heavy atom. The zero-order valence-corrected chi connectivity index (χ0v) is 21.7. The van der Waals surface area contributed by atoms with Crippen LogP contribution in [0, 0.1) is 12.7 Å². The van der Waals surface area contributed by atoms with Crippen LogP contribution in [0.5, 0.6) is 5.88 Å². The van der Waals surface area contributed by atoms with E-state index < -0.39 is 29.2 Å². The number of anilines is 2. The Morgan fingerprint density at radius 1 is 1.29 bits per heavy atom. The smallest absolute Gasteiger partial charge is 0.417 e. The zero-order valence-electron chi connectivity index (χ0n) is 21.7. The first-order valence-corrected chi connectivity index (χ1v) is 12.7. The number of rotatable bonds is 4. The normalized spacial score (nSPS) is 21.5. The second kappa shape index (κ2) is 9.68. The predicted molar refractivity (Wildman–Crippen MR) is 139 cm³/mol. The molecule has 0 aliphatic carbocycles. The van der Waals surface area contributed by atoms with Crippen molar-refractivity contribution >= 4 is 22.4 Å². The van der Waals surface area contributed by atoms with E-state index in [0.29, 0.717) is 48.2 Å². The summed E-state index contributed by atoms with van der Waals surface area (Å²) >= 11 is 0. The van der Waals surface area contributed by atoms with Gasteiger partial charge < -0.3 is 20.7 Å². The monoisotopic (exact) mass is 530 g/mol. The van der Waals surface area contributed by atoms with Crippen LogP contribution in [-0.4, -0.2) is 46.2 Å². The van der Waals surface area contributed by atoms with Crippen LogP contribution in [0.15, 0.2) is 24.5 Å². The van der Waals surface area contributed by atoms with Crippen LogP contribution in [0.4, 0.5) is 29.1 Å². The molecule has 0 saturated carbocycles. The third kappa shape index (κ3) is 4.22. The number of ether oxygens (including phenoxy) is 1. The Morgan fingerprint density at radius 2 is 2.05 bits per heavy atom. The molecule has 3 atom stereocenters. The highest BCUT2D eigenvalue weighted by Crippen LogP contribution is 2.47. The van der Waals surface area contributed by atoms with Crippen molar-refractivity contribution in [2.75, 3.05) is 23.7 Å². The molecule has 0 bridgehead atoms. The van der Waals surface area contributed by atoms with Gasteiger partial charge in [0.2, 0.25) is 5.88 Å². The van der Waals surface area contributed by atoms with Crippen LogP contribution in [0.3, 0.4) is 0 Å². The van der Waals surface area contributed by atoms with E-state index in [1.54, 1.807) is 0 Å². The van der Waals surface area contributed by atoms with Crippen molar-refractivity contribution in [1.82, 2.24) is 20.3 Å². The summed E-state index contributed by atoms with van der Waals surface area (Å²) in [6.07, 6.45) is 1.12. The number of aromatic nitrogens is 3. The first-order valence-electron chi connectivity index (χ1n) is 12.7. The molecular formula is C27H30F4N6O. The maximum absolute atomic E-state index is 15.6. The molecule has 5 rings (SSSR count). The number of benzene rings is 1. The van der Waals surface area contributed by atoms with Gasteiger partial charge in [-0.3, -0.25) is 0 Å². The Balaban J connectivity index is 1.84. The number of fused-ring (bicyclic) bond motifs is 2. The van der Waals surface area contributed by atoms with Gasteiger partial charge >= 0.3 is 6.18 Å². The molecule has 1 unspecified atom stereocenters. The van der Waals surface area contributed by atoms with Crippen LogP contribution < -0.4 is 20.7 Å². The second-order valence-electron chi connectivity index (χ2n) is 9.84. The Labute approximate surface area is 218 Å². The van der Waals surface area contributed by atoms with E-state index >= 15 is 4.39 Å². The number of allylic oxidation sites excluding steroid dienone is 1. The molecule has 3 aromatic rings. The van der Waals surface area contributed by atoms with E-state index in [-0.39, 0.29) is 34.9 Å². The summed E-state index contributed by atoms with van der Waals surface area (Å²) in [7, 11) is 0. The molecule has 38 heavy (non-hydrogen) atoms. The number of nitrogen functional groups attached to an aromatic ring is 1. The van der Waals surface area contributed by atoms with Gasteiger partial charge in [-0.25, -0.2) is 19.3 Å². The van der Waals surface area contributed by atoms with Crippen molar-refractivity contribution in [3.05, 3.63) is 47.1 Å². The van der Waals surface area contributed by atoms with E-state index in [2.05, 4.69) is 31.2 Å². The summed E-state index contributed by atoms with van der Waals surface area (Å²) in [5.41, 5.74) is 4.14. The molecular weight excluding hydrogens is 500 g/mol. The van der Waals surface area contributed by atoms with Crippen molar-refractivity contribution < 1.29 is 22.3 Å². The summed E-state index contributed by atoms with van der Waals surface area (Å²) < 4.78 is 64.8. The summed E-state index contributed by atoms with van der Waals surface area (Å²) in [5.74, 6) is -0.472. The summed E-state index contributed by atoms with van der Waals surface area (Å²) in [6, 6.07) is 0.970. The number of nitrogens with one attached hydrogen (secondary N) is 1. The molecule has 0 radical (unpaired) electrons. The van der Waals surface area contributed by atoms with Crippen LogP contribution in [0.2, 0.25) is 0 Å². The van der Waals surface area contributed by atoms with Gasteiger partial charge in [-0.15, -0.1) is 0 Å². The van der Waals surface area contributed by atoms with Crippen molar-refractivity contribution in [2.45, 2.75) is 64.9 Å². The van der Waals surface area contributed by atoms with Gasteiger partial charge in [-0.05, 0) is 38.8 Å². The number of aryl methyl sites for hydroxylation is 2. The molecule has 0 amide bonds. The topological polar surface area (TPSA) is 89.2 Å². The fourth-order valence-corrected chi connectivity index (χ4v) is 5.62. The van der Waals surface area contributed by atoms with Crippen molar-refractivity contribution in [3.63, 3.8) is 0 Å². The number of piperazine rings is 1. The quantitative estimate of drug-likeness (QED) is 0.272. The lowest BCUT2D eigenvalue weighted by Crippen LogP contribution is -2.60. The molecule has 2 aliphatic rings. The Kier molecular flexibility index (Phi) is 6.66. The maximum Gasteiger partial charge on any atom is 0.417 e. The summed E-state index contributed by atoms with van der Waals surface area (Å²) in [4.78, 5) is 15.8. The second-order valence-corrected chi connectivity index (χ2v) is 9.84. The lowest BCUT2D eigenvalue weighted by Gasteiger charge is -2.41. The number of hydrogen-bond donors (Lipinski definition) is 2. The molecule has 2 aromatic heterocycles. The average Bonchev–Trinajstić information content (AvgIpc) is 2.97. The molecule has 1 saturated heterocycles. The molecule has 4 heterocycles. The standard InChI is InChI=1S/C27H30F4N6O/c1-5-7-15-11-37-18(10-33-15)14(4)38-26-20-23(34-12-35-25(20)37)16(8-6-2)24(36-26)19-21(27(29,30)31)13(3)9-17(32)22(19)28/h5,7,9,12,14-15,18,33H,6,8,10-11,32H2,1-4H3/b7-5+/t14-,15?,18-/m0/s1. The highest BCUT2D eigenvalue weighted by molar-refractivity contribution is 5.99. The van der Waals surface area contributed by atoms with Gasteiger partial charge in [0.25, 0.3) is 0 Å². The minimum absolute atomic E-state index is 0.0797. The summed E-state index contributed by atoms with van der Waals surface area (Å²) in [5, 5.41) is 4.01. The van der Waals surface area contributed by atoms with Crippen LogP contribution in [0.25, 0.3) is 22.2 Å². The lowest BCUT2D eigenvalue weighted by atomic mass is 9.92.